The van der Waals surface area contributed by atoms with Crippen molar-refractivity contribution < 1.29 is 14.7 Å². The van der Waals surface area contributed by atoms with E-state index in [2.05, 4.69) is 12.2 Å². The molecule has 0 heterocycles. The van der Waals surface area contributed by atoms with Gasteiger partial charge in [-0.1, -0.05) is 51.9 Å². The van der Waals surface area contributed by atoms with Crippen LogP contribution < -0.4 is 5.32 Å². The fourth-order valence-electron chi connectivity index (χ4n) is 3.02. The van der Waals surface area contributed by atoms with Crippen LogP contribution in [-0.4, -0.2) is 23.5 Å². The molecule has 4 heteroatoms. The Morgan fingerprint density at radius 2 is 1.65 bits per heavy atom. The zero-order chi connectivity index (χ0) is 14.8. The van der Waals surface area contributed by atoms with E-state index >= 15 is 0 Å². The number of rotatable bonds is 10. The van der Waals surface area contributed by atoms with Gasteiger partial charge in [0.05, 0.1) is 5.41 Å². The summed E-state index contributed by atoms with van der Waals surface area (Å²) in [7, 11) is 0. The highest BCUT2D eigenvalue weighted by molar-refractivity contribution is 5.85. The van der Waals surface area contributed by atoms with Crippen LogP contribution in [0.3, 0.4) is 0 Å². The molecule has 0 aromatic carbocycles. The molecule has 0 aliphatic heterocycles. The van der Waals surface area contributed by atoms with Gasteiger partial charge in [-0.25, -0.2) is 0 Å². The maximum Gasteiger partial charge on any atom is 0.310 e. The minimum absolute atomic E-state index is 0.0946. The van der Waals surface area contributed by atoms with E-state index in [0.29, 0.717) is 19.4 Å². The number of carboxylic acid groups (broad SMARTS) is 1. The second-order valence-electron chi connectivity index (χ2n) is 6.09. The molecule has 0 saturated heterocycles. The zero-order valence-corrected chi connectivity index (χ0v) is 12.7. The van der Waals surface area contributed by atoms with Gasteiger partial charge >= 0.3 is 5.97 Å². The fourth-order valence-corrected chi connectivity index (χ4v) is 3.02. The molecule has 0 aromatic rings. The maximum atomic E-state index is 11.9. The standard InChI is InChI=1S/C16H29NO3/c1-2-3-4-5-6-9-12-17-14(18)13-16(15(19)20)10-7-8-11-16/h2-13H2,1H3,(H,17,18)(H,19,20). The van der Waals surface area contributed by atoms with E-state index in [0.717, 1.165) is 25.7 Å². The molecule has 0 radical (unpaired) electrons. The van der Waals surface area contributed by atoms with Crippen molar-refractivity contribution in [1.82, 2.24) is 5.32 Å². The predicted molar refractivity (Wildman–Crippen MR) is 79.5 cm³/mol. The van der Waals surface area contributed by atoms with Crippen LogP contribution in [0.1, 0.15) is 77.6 Å². The van der Waals surface area contributed by atoms with Crippen LogP contribution in [0.2, 0.25) is 0 Å². The van der Waals surface area contributed by atoms with Crippen LogP contribution in [-0.2, 0) is 9.59 Å². The quantitative estimate of drug-likeness (QED) is 0.603. The van der Waals surface area contributed by atoms with E-state index in [1.165, 1.54) is 25.7 Å². The van der Waals surface area contributed by atoms with E-state index in [-0.39, 0.29) is 12.3 Å². The van der Waals surface area contributed by atoms with Crippen molar-refractivity contribution in [2.45, 2.75) is 77.6 Å². The second kappa shape index (κ2) is 8.98. The van der Waals surface area contributed by atoms with Gasteiger partial charge in [0.2, 0.25) is 5.91 Å². The van der Waals surface area contributed by atoms with Gasteiger partial charge in [-0.15, -0.1) is 0 Å². The Morgan fingerprint density at radius 3 is 2.25 bits per heavy atom. The van der Waals surface area contributed by atoms with Gasteiger partial charge in [0.25, 0.3) is 0 Å². The van der Waals surface area contributed by atoms with Crippen LogP contribution in [0, 0.1) is 5.41 Å². The number of amides is 1. The van der Waals surface area contributed by atoms with E-state index in [1.54, 1.807) is 0 Å². The molecule has 1 rings (SSSR count). The number of aliphatic carboxylic acids is 1. The Hall–Kier alpha value is -1.06. The molecule has 0 aromatic heterocycles. The Balaban J connectivity index is 2.15. The largest absolute Gasteiger partial charge is 0.481 e. The van der Waals surface area contributed by atoms with E-state index in [9.17, 15) is 14.7 Å². The summed E-state index contributed by atoms with van der Waals surface area (Å²) in [6.07, 6.45) is 10.5. The second-order valence-corrected chi connectivity index (χ2v) is 6.09. The van der Waals surface area contributed by atoms with Gasteiger partial charge in [0.15, 0.2) is 0 Å². The summed E-state index contributed by atoms with van der Waals surface area (Å²) < 4.78 is 0. The fraction of sp³-hybridized carbons (Fsp3) is 0.875. The van der Waals surface area contributed by atoms with Crippen molar-refractivity contribution in [3.05, 3.63) is 0 Å². The molecule has 1 aliphatic rings. The van der Waals surface area contributed by atoms with E-state index in [1.807, 2.05) is 0 Å². The lowest BCUT2D eigenvalue weighted by Crippen LogP contribution is -2.36. The molecule has 20 heavy (non-hydrogen) atoms. The number of hydrogen-bond donors (Lipinski definition) is 2. The molecule has 1 aliphatic carbocycles. The van der Waals surface area contributed by atoms with Crippen LogP contribution >= 0.6 is 0 Å². The SMILES string of the molecule is CCCCCCCCNC(=O)CC1(C(=O)O)CCCC1. The summed E-state index contributed by atoms with van der Waals surface area (Å²) in [5.74, 6) is -0.896. The lowest BCUT2D eigenvalue weighted by atomic mass is 9.82. The van der Waals surface area contributed by atoms with Crippen molar-refractivity contribution in [3.8, 4) is 0 Å². The summed E-state index contributed by atoms with van der Waals surface area (Å²) in [5, 5.41) is 12.2. The predicted octanol–water partition coefficient (Wildman–Crippen LogP) is 3.50. The Labute approximate surface area is 122 Å². The van der Waals surface area contributed by atoms with Gasteiger partial charge in [0, 0.05) is 13.0 Å². The first-order valence-corrected chi connectivity index (χ1v) is 8.11. The van der Waals surface area contributed by atoms with Gasteiger partial charge in [-0.3, -0.25) is 9.59 Å². The van der Waals surface area contributed by atoms with Crippen molar-refractivity contribution in [2.75, 3.05) is 6.54 Å². The Morgan fingerprint density at radius 1 is 1.05 bits per heavy atom. The summed E-state index contributed by atoms with van der Waals surface area (Å²) in [5.41, 5.74) is -0.786. The molecule has 1 amide bonds. The minimum atomic E-state index is -0.801. The number of carbonyl (C=O) groups is 2. The lowest BCUT2D eigenvalue weighted by Gasteiger charge is -2.22. The molecular formula is C16H29NO3. The third-order valence-corrected chi connectivity index (χ3v) is 4.37. The Bertz CT molecular complexity index is 309. The van der Waals surface area contributed by atoms with E-state index in [4.69, 9.17) is 0 Å². The van der Waals surface area contributed by atoms with Crippen LogP contribution in [0.4, 0.5) is 0 Å². The van der Waals surface area contributed by atoms with Crippen LogP contribution in [0.5, 0.6) is 0 Å². The Kier molecular flexibility index (Phi) is 7.63. The normalized spacial score (nSPS) is 17.1. The molecular weight excluding hydrogens is 254 g/mol. The molecule has 1 saturated carbocycles. The van der Waals surface area contributed by atoms with E-state index < -0.39 is 11.4 Å². The topological polar surface area (TPSA) is 66.4 Å². The molecule has 4 nitrogen and oxygen atoms in total. The summed E-state index contributed by atoms with van der Waals surface area (Å²) in [6.45, 7) is 2.88. The molecule has 1 fully saturated rings. The third-order valence-electron chi connectivity index (χ3n) is 4.37. The van der Waals surface area contributed by atoms with Gasteiger partial charge in [0.1, 0.15) is 0 Å². The van der Waals surface area contributed by atoms with Crippen molar-refractivity contribution >= 4 is 11.9 Å². The number of unbranched alkanes of at least 4 members (excludes halogenated alkanes) is 5. The van der Waals surface area contributed by atoms with Crippen molar-refractivity contribution in [2.24, 2.45) is 5.41 Å². The maximum absolute atomic E-state index is 11.9. The smallest absolute Gasteiger partial charge is 0.310 e. The van der Waals surface area contributed by atoms with Crippen molar-refractivity contribution in [1.29, 1.82) is 0 Å². The molecule has 0 unspecified atom stereocenters. The van der Waals surface area contributed by atoms with Crippen molar-refractivity contribution in [3.63, 3.8) is 0 Å². The van der Waals surface area contributed by atoms with Crippen LogP contribution in [0.15, 0.2) is 0 Å². The average Bonchev–Trinajstić information content (AvgIpc) is 2.87. The highest BCUT2D eigenvalue weighted by Crippen LogP contribution is 2.41. The number of carbonyl (C=O) groups excluding carboxylic acids is 1. The molecule has 2 N–H and O–H groups in total. The van der Waals surface area contributed by atoms with Gasteiger partial charge in [-0.2, -0.15) is 0 Å². The third kappa shape index (κ3) is 5.51. The number of carboxylic acids is 1. The monoisotopic (exact) mass is 283 g/mol. The van der Waals surface area contributed by atoms with Gasteiger partial charge < -0.3 is 10.4 Å². The molecule has 0 bridgehead atoms. The lowest BCUT2D eigenvalue weighted by molar-refractivity contribution is -0.151. The highest BCUT2D eigenvalue weighted by atomic mass is 16.4. The first-order valence-electron chi connectivity index (χ1n) is 8.11. The highest BCUT2D eigenvalue weighted by Gasteiger charge is 2.42. The molecule has 0 spiro atoms. The average molecular weight is 283 g/mol. The zero-order valence-electron chi connectivity index (χ0n) is 12.7. The summed E-state index contributed by atoms with van der Waals surface area (Å²) >= 11 is 0. The first-order chi connectivity index (χ1) is 9.60. The minimum Gasteiger partial charge on any atom is -0.481 e. The number of nitrogens with one attached hydrogen (secondary N) is 1. The molecule has 0 atom stereocenters. The summed E-state index contributed by atoms with van der Waals surface area (Å²) in [4.78, 5) is 23.2. The molecule has 116 valence electrons. The summed E-state index contributed by atoms with van der Waals surface area (Å²) in [6, 6.07) is 0. The van der Waals surface area contributed by atoms with Crippen LogP contribution in [0.25, 0.3) is 0 Å². The number of hydrogen-bond acceptors (Lipinski definition) is 2. The van der Waals surface area contributed by atoms with Gasteiger partial charge in [-0.05, 0) is 19.3 Å². The first kappa shape index (κ1) is 17.0.